The Kier molecular flexibility index (Phi) is 4.80. The molecule has 24 heavy (non-hydrogen) atoms. The SMILES string of the molecule is CCn1c([C@@H](C)NC(=O)CN2CCNCC2=O)nc2ccccc21. The van der Waals surface area contributed by atoms with Gasteiger partial charge in [-0.1, -0.05) is 12.1 Å². The number of piperazine rings is 1. The van der Waals surface area contributed by atoms with E-state index in [0.29, 0.717) is 13.1 Å². The van der Waals surface area contributed by atoms with Crippen LogP contribution in [0.15, 0.2) is 24.3 Å². The lowest BCUT2D eigenvalue weighted by Crippen LogP contribution is -2.51. The number of benzene rings is 1. The first-order valence-corrected chi connectivity index (χ1v) is 8.33. The predicted molar refractivity (Wildman–Crippen MR) is 91.4 cm³/mol. The van der Waals surface area contributed by atoms with Gasteiger partial charge in [0.15, 0.2) is 0 Å². The number of amides is 2. The molecule has 0 bridgehead atoms. The quantitative estimate of drug-likeness (QED) is 0.845. The van der Waals surface area contributed by atoms with Gasteiger partial charge in [0.2, 0.25) is 11.8 Å². The molecule has 1 fully saturated rings. The molecule has 1 aliphatic heterocycles. The minimum Gasteiger partial charge on any atom is -0.345 e. The number of rotatable bonds is 5. The van der Waals surface area contributed by atoms with Crippen LogP contribution in [-0.2, 0) is 16.1 Å². The molecule has 7 nitrogen and oxygen atoms in total. The molecule has 2 aromatic rings. The van der Waals surface area contributed by atoms with Crippen molar-refractivity contribution >= 4 is 22.8 Å². The van der Waals surface area contributed by atoms with E-state index in [1.165, 1.54) is 0 Å². The molecule has 0 unspecified atom stereocenters. The molecule has 1 atom stereocenters. The zero-order valence-electron chi connectivity index (χ0n) is 14.1. The van der Waals surface area contributed by atoms with Gasteiger partial charge in [0, 0.05) is 19.6 Å². The van der Waals surface area contributed by atoms with E-state index >= 15 is 0 Å². The second kappa shape index (κ2) is 7.00. The maximum atomic E-state index is 12.3. The molecule has 0 spiro atoms. The summed E-state index contributed by atoms with van der Waals surface area (Å²) in [6, 6.07) is 7.72. The smallest absolute Gasteiger partial charge is 0.240 e. The number of aryl methyl sites for hydroxylation is 1. The van der Waals surface area contributed by atoms with Crippen molar-refractivity contribution in [2.24, 2.45) is 0 Å². The lowest BCUT2D eigenvalue weighted by Gasteiger charge is -2.27. The number of aromatic nitrogens is 2. The number of para-hydroxylation sites is 2. The van der Waals surface area contributed by atoms with Crippen LogP contribution in [0, 0.1) is 0 Å². The fourth-order valence-electron chi connectivity index (χ4n) is 3.10. The fourth-order valence-corrected chi connectivity index (χ4v) is 3.10. The molecule has 1 aromatic carbocycles. The summed E-state index contributed by atoms with van der Waals surface area (Å²) in [6.45, 7) is 6.45. The predicted octanol–water partition coefficient (Wildman–Crippen LogP) is 0.665. The van der Waals surface area contributed by atoms with E-state index in [0.717, 1.165) is 29.9 Å². The maximum Gasteiger partial charge on any atom is 0.240 e. The average molecular weight is 329 g/mol. The number of carbonyl (C=O) groups excluding carboxylic acids is 2. The van der Waals surface area contributed by atoms with Crippen molar-refractivity contribution in [2.75, 3.05) is 26.2 Å². The topological polar surface area (TPSA) is 79.3 Å². The first kappa shape index (κ1) is 16.4. The Morgan fingerprint density at radius 3 is 2.96 bits per heavy atom. The van der Waals surface area contributed by atoms with Crippen LogP contribution in [0.1, 0.15) is 25.7 Å². The van der Waals surface area contributed by atoms with E-state index in [9.17, 15) is 9.59 Å². The molecule has 3 rings (SSSR count). The number of carbonyl (C=O) groups is 2. The first-order chi connectivity index (χ1) is 11.6. The number of hydrogen-bond acceptors (Lipinski definition) is 4. The summed E-state index contributed by atoms with van der Waals surface area (Å²) in [4.78, 5) is 30.3. The van der Waals surface area contributed by atoms with Gasteiger partial charge in [-0.15, -0.1) is 0 Å². The van der Waals surface area contributed by atoms with Crippen LogP contribution in [0.25, 0.3) is 11.0 Å². The van der Waals surface area contributed by atoms with Crippen LogP contribution in [0.3, 0.4) is 0 Å². The van der Waals surface area contributed by atoms with E-state index in [4.69, 9.17) is 0 Å². The molecule has 0 aliphatic carbocycles. The summed E-state index contributed by atoms with van der Waals surface area (Å²) in [7, 11) is 0. The molecule has 0 radical (unpaired) electrons. The zero-order chi connectivity index (χ0) is 17.1. The van der Waals surface area contributed by atoms with Crippen molar-refractivity contribution in [2.45, 2.75) is 26.4 Å². The standard InChI is InChI=1S/C17H23N5O2/c1-3-22-14-7-5-4-6-13(14)20-17(22)12(2)19-15(23)11-21-9-8-18-10-16(21)24/h4-7,12,18H,3,8-11H2,1-2H3,(H,19,23)/t12-/m1/s1. The lowest BCUT2D eigenvalue weighted by atomic mass is 10.3. The summed E-state index contributed by atoms with van der Waals surface area (Å²) in [6.07, 6.45) is 0. The van der Waals surface area contributed by atoms with E-state index in [1.807, 2.05) is 31.2 Å². The van der Waals surface area contributed by atoms with Crippen molar-refractivity contribution in [3.8, 4) is 0 Å². The number of nitrogens with one attached hydrogen (secondary N) is 2. The van der Waals surface area contributed by atoms with Crippen LogP contribution in [0.2, 0.25) is 0 Å². The number of hydrogen-bond donors (Lipinski definition) is 2. The third kappa shape index (κ3) is 3.26. The van der Waals surface area contributed by atoms with Crippen molar-refractivity contribution in [1.82, 2.24) is 25.1 Å². The molecule has 2 amide bonds. The van der Waals surface area contributed by atoms with Gasteiger partial charge in [-0.2, -0.15) is 0 Å². The Hall–Kier alpha value is -2.41. The maximum absolute atomic E-state index is 12.3. The highest BCUT2D eigenvalue weighted by molar-refractivity contribution is 5.86. The molecule has 2 N–H and O–H groups in total. The number of imidazole rings is 1. The van der Waals surface area contributed by atoms with Gasteiger partial charge in [0.25, 0.3) is 0 Å². The highest BCUT2D eigenvalue weighted by Gasteiger charge is 2.22. The van der Waals surface area contributed by atoms with Crippen molar-refractivity contribution < 1.29 is 9.59 Å². The lowest BCUT2D eigenvalue weighted by molar-refractivity contribution is -0.136. The van der Waals surface area contributed by atoms with Crippen LogP contribution in [0.5, 0.6) is 0 Å². The zero-order valence-corrected chi connectivity index (χ0v) is 14.1. The van der Waals surface area contributed by atoms with Gasteiger partial charge >= 0.3 is 0 Å². The second-order valence-corrected chi connectivity index (χ2v) is 5.98. The molecule has 1 saturated heterocycles. The second-order valence-electron chi connectivity index (χ2n) is 5.98. The Balaban J connectivity index is 1.71. The van der Waals surface area contributed by atoms with E-state index < -0.39 is 0 Å². The number of fused-ring (bicyclic) bond motifs is 1. The third-order valence-electron chi connectivity index (χ3n) is 4.29. The molecule has 0 saturated carbocycles. The van der Waals surface area contributed by atoms with Gasteiger partial charge in [0.1, 0.15) is 5.82 Å². The monoisotopic (exact) mass is 329 g/mol. The van der Waals surface area contributed by atoms with E-state index in [-0.39, 0.29) is 24.4 Å². The van der Waals surface area contributed by atoms with E-state index in [1.54, 1.807) is 4.90 Å². The average Bonchev–Trinajstić information content (AvgIpc) is 2.95. The van der Waals surface area contributed by atoms with Crippen LogP contribution >= 0.6 is 0 Å². The minimum atomic E-state index is -0.220. The molecular formula is C17H23N5O2. The Morgan fingerprint density at radius 1 is 1.42 bits per heavy atom. The van der Waals surface area contributed by atoms with Crippen LogP contribution < -0.4 is 10.6 Å². The summed E-state index contributed by atoms with van der Waals surface area (Å²) in [5.74, 6) is 0.635. The molecular weight excluding hydrogens is 306 g/mol. The van der Waals surface area contributed by atoms with Gasteiger partial charge in [-0.25, -0.2) is 4.98 Å². The van der Waals surface area contributed by atoms with Crippen molar-refractivity contribution in [3.63, 3.8) is 0 Å². The van der Waals surface area contributed by atoms with Crippen LogP contribution in [-0.4, -0.2) is 52.4 Å². The Labute approximate surface area is 141 Å². The van der Waals surface area contributed by atoms with Crippen LogP contribution in [0.4, 0.5) is 0 Å². The Bertz CT molecular complexity index is 755. The van der Waals surface area contributed by atoms with Crippen molar-refractivity contribution in [1.29, 1.82) is 0 Å². The van der Waals surface area contributed by atoms with Gasteiger partial charge in [-0.3, -0.25) is 9.59 Å². The molecule has 7 heteroatoms. The largest absolute Gasteiger partial charge is 0.345 e. The highest BCUT2D eigenvalue weighted by Crippen LogP contribution is 2.20. The van der Waals surface area contributed by atoms with Gasteiger partial charge in [-0.05, 0) is 26.0 Å². The van der Waals surface area contributed by atoms with E-state index in [2.05, 4.69) is 27.1 Å². The molecule has 128 valence electrons. The molecule has 1 aliphatic rings. The number of nitrogens with zero attached hydrogens (tertiary/aromatic N) is 3. The fraction of sp³-hybridized carbons (Fsp3) is 0.471. The van der Waals surface area contributed by atoms with Crippen molar-refractivity contribution in [3.05, 3.63) is 30.1 Å². The normalized spacial score (nSPS) is 16.4. The third-order valence-corrected chi connectivity index (χ3v) is 4.29. The summed E-state index contributed by atoms with van der Waals surface area (Å²) >= 11 is 0. The highest BCUT2D eigenvalue weighted by atomic mass is 16.2. The first-order valence-electron chi connectivity index (χ1n) is 8.33. The van der Waals surface area contributed by atoms with Gasteiger partial charge < -0.3 is 20.1 Å². The minimum absolute atomic E-state index is 0.0372. The summed E-state index contributed by atoms with van der Waals surface area (Å²) in [5, 5.41) is 5.96. The molecule has 1 aromatic heterocycles. The summed E-state index contributed by atoms with van der Waals surface area (Å²) < 4.78 is 2.11. The summed E-state index contributed by atoms with van der Waals surface area (Å²) in [5.41, 5.74) is 1.99. The molecule has 2 heterocycles. The Morgan fingerprint density at radius 2 is 2.21 bits per heavy atom. The van der Waals surface area contributed by atoms with Gasteiger partial charge in [0.05, 0.1) is 30.2 Å².